The van der Waals surface area contributed by atoms with E-state index in [1.54, 1.807) is 19.2 Å². The highest BCUT2D eigenvalue weighted by Gasteiger charge is 2.19. The first-order chi connectivity index (χ1) is 9.65. The van der Waals surface area contributed by atoms with E-state index in [0.29, 0.717) is 12.2 Å². The van der Waals surface area contributed by atoms with Crippen LogP contribution in [0.15, 0.2) is 36.4 Å². The minimum absolute atomic E-state index is 0.194. The predicted octanol–water partition coefficient (Wildman–Crippen LogP) is 2.98. The highest BCUT2D eigenvalue weighted by Crippen LogP contribution is 2.31. The van der Waals surface area contributed by atoms with Crippen LogP contribution in [0.4, 0.5) is 15.8 Å². The number of nitrogen functional groups attached to an aromatic ring is 1. The average molecular weight is 272 g/mol. The molecule has 0 aliphatic carbocycles. The van der Waals surface area contributed by atoms with E-state index < -0.39 is 0 Å². The van der Waals surface area contributed by atoms with Crippen molar-refractivity contribution in [2.24, 2.45) is 0 Å². The lowest BCUT2D eigenvalue weighted by molar-refractivity contribution is 0.414. The van der Waals surface area contributed by atoms with E-state index in [0.717, 1.165) is 30.0 Å². The Hall–Kier alpha value is -2.23. The lowest BCUT2D eigenvalue weighted by atomic mass is 10.1. The van der Waals surface area contributed by atoms with Gasteiger partial charge in [-0.2, -0.15) is 0 Å². The zero-order valence-electron chi connectivity index (χ0n) is 11.4. The molecule has 0 bridgehead atoms. The number of nitrogens with zero attached hydrogens (tertiary/aromatic N) is 1. The fourth-order valence-electron chi connectivity index (χ4n) is 2.70. The summed E-state index contributed by atoms with van der Waals surface area (Å²) < 4.78 is 18.6. The van der Waals surface area contributed by atoms with Gasteiger partial charge in [0.1, 0.15) is 11.6 Å². The molecule has 2 aromatic rings. The third-order valence-corrected chi connectivity index (χ3v) is 3.64. The molecule has 0 atom stereocenters. The van der Waals surface area contributed by atoms with E-state index in [1.165, 1.54) is 11.6 Å². The molecule has 0 unspecified atom stereocenters. The monoisotopic (exact) mass is 272 g/mol. The van der Waals surface area contributed by atoms with Crippen LogP contribution >= 0.6 is 0 Å². The van der Waals surface area contributed by atoms with Crippen LogP contribution in [0.2, 0.25) is 0 Å². The highest BCUT2D eigenvalue weighted by atomic mass is 19.1. The molecule has 104 valence electrons. The van der Waals surface area contributed by atoms with Crippen molar-refractivity contribution < 1.29 is 9.13 Å². The molecule has 20 heavy (non-hydrogen) atoms. The van der Waals surface area contributed by atoms with E-state index in [2.05, 4.69) is 4.90 Å². The Morgan fingerprint density at radius 2 is 2.10 bits per heavy atom. The zero-order valence-corrected chi connectivity index (χ0v) is 11.4. The molecule has 0 saturated heterocycles. The van der Waals surface area contributed by atoms with Crippen molar-refractivity contribution in [1.29, 1.82) is 0 Å². The van der Waals surface area contributed by atoms with Crippen LogP contribution in [-0.2, 0) is 13.0 Å². The lowest BCUT2D eigenvalue weighted by Crippen LogP contribution is -2.19. The topological polar surface area (TPSA) is 38.5 Å². The van der Waals surface area contributed by atoms with Gasteiger partial charge in [-0.15, -0.1) is 0 Å². The second kappa shape index (κ2) is 5.04. The van der Waals surface area contributed by atoms with Gasteiger partial charge in [0.25, 0.3) is 0 Å². The second-order valence-electron chi connectivity index (χ2n) is 5.06. The molecule has 1 aliphatic rings. The highest BCUT2D eigenvalue weighted by molar-refractivity contribution is 5.59. The van der Waals surface area contributed by atoms with Crippen molar-refractivity contribution in [1.82, 2.24) is 0 Å². The van der Waals surface area contributed by atoms with E-state index in [1.807, 2.05) is 18.2 Å². The van der Waals surface area contributed by atoms with Gasteiger partial charge in [-0.25, -0.2) is 4.39 Å². The average Bonchev–Trinajstić information content (AvgIpc) is 2.80. The normalized spacial score (nSPS) is 13.4. The van der Waals surface area contributed by atoms with Gasteiger partial charge in [-0.1, -0.05) is 6.07 Å². The van der Waals surface area contributed by atoms with Crippen molar-refractivity contribution in [3.8, 4) is 5.75 Å². The van der Waals surface area contributed by atoms with Crippen LogP contribution in [0.5, 0.6) is 5.75 Å². The minimum atomic E-state index is -0.194. The molecule has 2 N–H and O–H groups in total. The number of benzene rings is 2. The second-order valence-corrected chi connectivity index (χ2v) is 5.06. The lowest BCUT2D eigenvalue weighted by Gasteiger charge is -2.20. The zero-order chi connectivity index (χ0) is 14.1. The molecule has 3 nitrogen and oxygen atoms in total. The molecule has 0 spiro atoms. The summed E-state index contributed by atoms with van der Waals surface area (Å²) in [6.45, 7) is 1.60. The maximum atomic E-state index is 13.4. The Morgan fingerprint density at radius 1 is 1.25 bits per heavy atom. The van der Waals surface area contributed by atoms with Crippen LogP contribution in [0.1, 0.15) is 11.1 Å². The Bertz CT molecular complexity index is 642. The number of halogens is 1. The molecule has 1 aliphatic heterocycles. The van der Waals surface area contributed by atoms with Crippen LogP contribution < -0.4 is 15.4 Å². The minimum Gasteiger partial charge on any atom is -0.497 e. The fraction of sp³-hybridized carbons (Fsp3) is 0.250. The number of hydrogen-bond acceptors (Lipinski definition) is 3. The molecule has 0 fully saturated rings. The summed E-state index contributed by atoms with van der Waals surface area (Å²) in [4.78, 5) is 2.17. The number of rotatable bonds is 3. The van der Waals surface area contributed by atoms with Gasteiger partial charge in [-0.3, -0.25) is 0 Å². The van der Waals surface area contributed by atoms with Crippen molar-refractivity contribution in [3.05, 3.63) is 53.3 Å². The largest absolute Gasteiger partial charge is 0.497 e. The van der Waals surface area contributed by atoms with Crippen LogP contribution in [0.3, 0.4) is 0 Å². The molecule has 3 rings (SSSR count). The summed E-state index contributed by atoms with van der Waals surface area (Å²) in [5.41, 5.74) is 9.79. The third kappa shape index (κ3) is 2.41. The smallest absolute Gasteiger partial charge is 0.125 e. The quantitative estimate of drug-likeness (QED) is 0.873. The van der Waals surface area contributed by atoms with Gasteiger partial charge in [0, 0.05) is 30.5 Å². The summed E-state index contributed by atoms with van der Waals surface area (Å²) in [6.07, 6.45) is 0.953. The predicted molar refractivity (Wildman–Crippen MR) is 78.6 cm³/mol. The fourth-order valence-corrected chi connectivity index (χ4v) is 2.70. The van der Waals surface area contributed by atoms with E-state index in [4.69, 9.17) is 10.5 Å². The van der Waals surface area contributed by atoms with Crippen LogP contribution in [0, 0.1) is 5.82 Å². The van der Waals surface area contributed by atoms with E-state index >= 15 is 0 Å². The summed E-state index contributed by atoms with van der Waals surface area (Å²) in [6, 6.07) is 10.7. The molecule has 0 saturated carbocycles. The Morgan fingerprint density at radius 3 is 2.90 bits per heavy atom. The molecule has 4 heteroatoms. The first-order valence-electron chi connectivity index (χ1n) is 6.62. The van der Waals surface area contributed by atoms with Crippen molar-refractivity contribution in [2.75, 3.05) is 24.3 Å². The molecule has 0 radical (unpaired) electrons. The summed E-state index contributed by atoms with van der Waals surface area (Å²) in [5.74, 6) is 0.555. The van der Waals surface area contributed by atoms with Gasteiger partial charge in [0.05, 0.1) is 7.11 Å². The van der Waals surface area contributed by atoms with Gasteiger partial charge in [-0.05, 0) is 41.8 Å². The number of anilines is 2. The maximum absolute atomic E-state index is 13.4. The van der Waals surface area contributed by atoms with Gasteiger partial charge in [0.2, 0.25) is 0 Å². The summed E-state index contributed by atoms with van der Waals surface area (Å²) >= 11 is 0. The third-order valence-electron chi connectivity index (χ3n) is 3.64. The first kappa shape index (κ1) is 12.8. The van der Waals surface area contributed by atoms with E-state index in [-0.39, 0.29) is 5.82 Å². The molecular formula is C16H17FN2O. The van der Waals surface area contributed by atoms with Crippen LogP contribution in [0.25, 0.3) is 0 Å². The maximum Gasteiger partial charge on any atom is 0.125 e. The molecule has 2 aromatic carbocycles. The van der Waals surface area contributed by atoms with Gasteiger partial charge < -0.3 is 15.4 Å². The molecular weight excluding hydrogens is 255 g/mol. The van der Waals surface area contributed by atoms with E-state index in [9.17, 15) is 4.39 Å². The SMILES string of the molecule is COc1cc(N)cc(CN2CCc3ccc(F)cc32)c1. The Balaban J connectivity index is 1.87. The Kier molecular flexibility index (Phi) is 3.22. The number of nitrogens with two attached hydrogens (primary N) is 1. The van der Waals surface area contributed by atoms with Crippen molar-refractivity contribution in [2.45, 2.75) is 13.0 Å². The molecule has 0 amide bonds. The number of fused-ring (bicyclic) bond motifs is 1. The number of methoxy groups -OCH3 is 1. The van der Waals surface area contributed by atoms with Gasteiger partial charge >= 0.3 is 0 Å². The first-order valence-corrected chi connectivity index (χ1v) is 6.62. The summed E-state index contributed by atoms with van der Waals surface area (Å²) in [5, 5.41) is 0. The number of ether oxygens (including phenoxy) is 1. The van der Waals surface area contributed by atoms with Crippen molar-refractivity contribution in [3.63, 3.8) is 0 Å². The van der Waals surface area contributed by atoms with Crippen molar-refractivity contribution >= 4 is 11.4 Å². The molecule has 0 aromatic heterocycles. The number of hydrogen-bond donors (Lipinski definition) is 1. The van der Waals surface area contributed by atoms with Gasteiger partial charge in [0.15, 0.2) is 0 Å². The standard InChI is InChI=1S/C16H17FN2O/c1-20-15-7-11(6-14(18)9-15)10-19-5-4-12-2-3-13(17)8-16(12)19/h2-3,6-9H,4-5,10,18H2,1H3. The Labute approximate surface area is 117 Å². The van der Waals surface area contributed by atoms with Crippen LogP contribution in [-0.4, -0.2) is 13.7 Å². The summed E-state index contributed by atoms with van der Waals surface area (Å²) in [7, 11) is 1.62. The molecule has 1 heterocycles.